The van der Waals surface area contributed by atoms with Gasteiger partial charge in [0, 0.05) is 15.0 Å². The van der Waals surface area contributed by atoms with Gasteiger partial charge in [0.25, 0.3) is 0 Å². The van der Waals surface area contributed by atoms with E-state index in [-0.39, 0.29) is 11.4 Å². The standard InChI is InChI=1S/C31H28N2O2S2/c1-3-4-5-6-11-35-23-10-8-19-17-27-25(15-21(19)13-23)29-31(37-27)32-28-24-14-20-12-22(34-2)9-7-18(20)16-26(24)36-30(28)33-29/h7-10,12-17,29,31H,3-6,11H2,1-2H3. The van der Waals surface area contributed by atoms with Crippen molar-refractivity contribution in [3.05, 3.63) is 76.3 Å². The first-order valence-electron chi connectivity index (χ1n) is 13.0. The van der Waals surface area contributed by atoms with Gasteiger partial charge in [0.2, 0.25) is 0 Å². The third-order valence-electron chi connectivity index (χ3n) is 7.37. The van der Waals surface area contributed by atoms with Crippen molar-refractivity contribution in [2.45, 2.75) is 48.9 Å². The van der Waals surface area contributed by atoms with Crippen LogP contribution in [0.4, 0.5) is 0 Å². The summed E-state index contributed by atoms with van der Waals surface area (Å²) >= 11 is 3.59. The number of nitrogens with zero attached hydrogens (tertiary/aromatic N) is 2. The molecule has 2 aliphatic heterocycles. The molecule has 0 N–H and O–H groups in total. The van der Waals surface area contributed by atoms with Crippen molar-refractivity contribution in [3.8, 4) is 11.5 Å². The quantitative estimate of drug-likeness (QED) is 0.206. The summed E-state index contributed by atoms with van der Waals surface area (Å²) < 4.78 is 13.8. The molecule has 2 unspecified atom stereocenters. The van der Waals surface area contributed by atoms with E-state index >= 15 is 0 Å². The first-order chi connectivity index (χ1) is 18.2. The number of thioether (sulfide) groups is 1. The van der Waals surface area contributed by atoms with Gasteiger partial charge in [-0.05, 0) is 82.1 Å². The molecule has 4 aromatic carbocycles. The lowest BCUT2D eigenvalue weighted by atomic mass is 10.0. The van der Waals surface area contributed by atoms with Crippen LogP contribution in [-0.2, 0) is 0 Å². The van der Waals surface area contributed by atoms with Crippen molar-refractivity contribution in [1.29, 1.82) is 0 Å². The number of fused-ring (bicyclic) bond motifs is 8. The highest BCUT2D eigenvalue weighted by Gasteiger charge is 2.35. The largest absolute Gasteiger partial charge is 0.497 e. The van der Waals surface area contributed by atoms with Crippen LogP contribution in [0, 0.1) is 0 Å². The Morgan fingerprint density at radius 2 is 1.62 bits per heavy atom. The number of hydrogen-bond acceptors (Lipinski definition) is 6. The predicted octanol–water partition coefficient (Wildman–Crippen LogP) is 7.60. The molecule has 2 atom stereocenters. The van der Waals surface area contributed by atoms with Gasteiger partial charge in [0.05, 0.1) is 13.7 Å². The second-order valence-electron chi connectivity index (χ2n) is 9.84. The minimum absolute atomic E-state index is 0.0538. The third-order valence-corrected chi connectivity index (χ3v) is 9.63. The summed E-state index contributed by atoms with van der Waals surface area (Å²) in [5.41, 5.74) is 1.28. The first kappa shape index (κ1) is 23.1. The fourth-order valence-corrected chi connectivity index (χ4v) is 7.73. The number of thiophene rings is 1. The molecule has 1 aromatic heterocycles. The normalized spacial score (nSPS) is 17.8. The molecule has 0 aliphatic carbocycles. The van der Waals surface area contributed by atoms with Crippen LogP contribution in [0.25, 0.3) is 31.6 Å². The molecular formula is C31H28N2O2S2. The molecular weight excluding hydrogens is 496 g/mol. The molecule has 0 amide bonds. The lowest BCUT2D eigenvalue weighted by Crippen LogP contribution is -2.29. The highest BCUT2D eigenvalue weighted by Crippen LogP contribution is 2.48. The number of benzene rings is 4. The molecule has 186 valence electrons. The predicted molar refractivity (Wildman–Crippen MR) is 154 cm³/mol. The van der Waals surface area contributed by atoms with E-state index in [2.05, 4.69) is 61.5 Å². The SMILES string of the molecule is CCCCCCOc1ccc2cc3c(cc2c1)C1N=c2sc4cc5ccc(OC)cc5cc4c2=NC1S3. The number of ether oxygens (including phenoxy) is 2. The average molecular weight is 525 g/mol. The zero-order valence-corrected chi connectivity index (χ0v) is 22.6. The smallest absolute Gasteiger partial charge is 0.137 e. The van der Waals surface area contributed by atoms with Gasteiger partial charge >= 0.3 is 0 Å². The Kier molecular flexibility index (Phi) is 5.82. The Hall–Kier alpha value is -3.09. The molecule has 0 saturated carbocycles. The fraction of sp³-hybridized carbons (Fsp3) is 0.290. The molecule has 0 spiro atoms. The molecule has 4 nitrogen and oxygen atoms in total. The second kappa shape index (κ2) is 9.34. The number of hydrogen-bond donors (Lipinski definition) is 0. The molecule has 3 heterocycles. The minimum Gasteiger partial charge on any atom is -0.497 e. The molecule has 0 radical (unpaired) electrons. The summed E-state index contributed by atoms with van der Waals surface area (Å²) in [6, 6.07) is 21.8. The molecule has 5 aromatic rings. The monoisotopic (exact) mass is 524 g/mol. The summed E-state index contributed by atoms with van der Waals surface area (Å²) in [5, 5.41) is 7.13. The number of unbranched alkanes of at least 4 members (excludes halogenated alkanes) is 3. The van der Waals surface area contributed by atoms with Gasteiger partial charge in [0.15, 0.2) is 0 Å². The summed E-state index contributed by atoms with van der Waals surface area (Å²) in [6.07, 6.45) is 4.85. The van der Waals surface area contributed by atoms with Gasteiger partial charge in [-0.2, -0.15) is 0 Å². The Balaban J connectivity index is 1.24. The van der Waals surface area contributed by atoms with Crippen LogP contribution in [0.1, 0.15) is 44.2 Å². The zero-order valence-electron chi connectivity index (χ0n) is 21.0. The molecule has 37 heavy (non-hydrogen) atoms. The molecule has 7 rings (SSSR count). The topological polar surface area (TPSA) is 43.2 Å². The van der Waals surface area contributed by atoms with Gasteiger partial charge in [-0.1, -0.05) is 50.1 Å². The van der Waals surface area contributed by atoms with Crippen molar-refractivity contribution in [2.75, 3.05) is 13.7 Å². The van der Waals surface area contributed by atoms with Crippen LogP contribution in [0.3, 0.4) is 0 Å². The Bertz CT molecular complexity index is 1790. The van der Waals surface area contributed by atoms with Crippen molar-refractivity contribution in [2.24, 2.45) is 9.98 Å². The summed E-state index contributed by atoms with van der Waals surface area (Å²) in [5.74, 6) is 1.82. The summed E-state index contributed by atoms with van der Waals surface area (Å²) in [6.45, 7) is 3.01. The first-order valence-corrected chi connectivity index (χ1v) is 14.7. The second-order valence-corrected chi connectivity index (χ2v) is 12.0. The maximum atomic E-state index is 6.06. The maximum absolute atomic E-state index is 6.06. The highest BCUT2D eigenvalue weighted by molar-refractivity contribution is 8.00. The van der Waals surface area contributed by atoms with Crippen molar-refractivity contribution < 1.29 is 9.47 Å². The molecule has 0 saturated heterocycles. The number of rotatable bonds is 7. The van der Waals surface area contributed by atoms with Crippen LogP contribution in [0.5, 0.6) is 11.5 Å². The lowest BCUT2D eigenvalue weighted by molar-refractivity contribution is 0.305. The van der Waals surface area contributed by atoms with Gasteiger partial charge in [-0.15, -0.1) is 11.3 Å². The molecule has 0 bridgehead atoms. The van der Waals surface area contributed by atoms with E-state index < -0.39 is 0 Å². The van der Waals surface area contributed by atoms with Crippen molar-refractivity contribution in [1.82, 2.24) is 0 Å². The Morgan fingerprint density at radius 1 is 0.811 bits per heavy atom. The van der Waals surface area contributed by atoms with Gasteiger partial charge in [-0.25, -0.2) is 0 Å². The lowest BCUT2D eigenvalue weighted by Gasteiger charge is -2.14. The van der Waals surface area contributed by atoms with Crippen LogP contribution in [0.2, 0.25) is 0 Å². The minimum atomic E-state index is 0.0538. The van der Waals surface area contributed by atoms with Crippen LogP contribution < -0.4 is 19.5 Å². The van der Waals surface area contributed by atoms with Gasteiger partial charge in [-0.3, -0.25) is 9.98 Å². The highest BCUT2D eigenvalue weighted by atomic mass is 32.2. The van der Waals surface area contributed by atoms with Gasteiger partial charge < -0.3 is 9.47 Å². The maximum Gasteiger partial charge on any atom is 0.137 e. The molecule has 2 aliphatic rings. The van der Waals surface area contributed by atoms with Crippen LogP contribution in [-0.4, -0.2) is 19.1 Å². The van der Waals surface area contributed by atoms with E-state index in [1.165, 1.54) is 61.4 Å². The van der Waals surface area contributed by atoms with Crippen molar-refractivity contribution in [3.63, 3.8) is 0 Å². The third kappa shape index (κ3) is 4.07. The van der Waals surface area contributed by atoms with E-state index in [0.717, 1.165) is 34.6 Å². The van der Waals surface area contributed by atoms with E-state index in [4.69, 9.17) is 19.5 Å². The average Bonchev–Trinajstić information content (AvgIpc) is 3.44. The fourth-order valence-electron chi connectivity index (χ4n) is 5.38. The van der Waals surface area contributed by atoms with E-state index in [0.29, 0.717) is 0 Å². The number of methoxy groups -OCH3 is 1. The van der Waals surface area contributed by atoms with Crippen LogP contribution in [0.15, 0.2) is 75.5 Å². The van der Waals surface area contributed by atoms with Crippen LogP contribution >= 0.6 is 23.1 Å². The van der Waals surface area contributed by atoms with Gasteiger partial charge in [0.1, 0.15) is 32.9 Å². The molecule has 0 fully saturated rings. The van der Waals surface area contributed by atoms with Crippen molar-refractivity contribution >= 4 is 54.7 Å². The summed E-state index contributed by atoms with van der Waals surface area (Å²) in [7, 11) is 1.71. The van der Waals surface area contributed by atoms with E-state index in [1.54, 1.807) is 18.4 Å². The van der Waals surface area contributed by atoms with E-state index in [1.807, 2.05) is 17.8 Å². The summed E-state index contributed by atoms with van der Waals surface area (Å²) in [4.78, 5) is 11.8. The Morgan fingerprint density at radius 3 is 2.49 bits per heavy atom. The molecule has 6 heteroatoms. The zero-order chi connectivity index (χ0) is 24.9. The van der Waals surface area contributed by atoms with E-state index in [9.17, 15) is 0 Å². The Labute approximate surface area is 224 Å².